The largest absolute Gasteiger partial charge is 0.378 e. The summed E-state index contributed by atoms with van der Waals surface area (Å²) in [6.07, 6.45) is 4.39. The lowest BCUT2D eigenvalue weighted by atomic mass is 10.1. The molecule has 6 heteroatoms. The third kappa shape index (κ3) is 4.65. The summed E-state index contributed by atoms with van der Waals surface area (Å²) in [6.45, 7) is 4.02. The third-order valence-corrected chi connectivity index (χ3v) is 4.71. The SMILES string of the molecule is CN(C)c1ccc(C(=C/C=O)/N=c2/ccc(N3CCNCC3)cn2C)cc1. The molecule has 0 saturated carbocycles. The van der Waals surface area contributed by atoms with E-state index in [4.69, 9.17) is 4.99 Å². The Morgan fingerprint density at radius 1 is 1.11 bits per heavy atom. The number of rotatable bonds is 5. The van der Waals surface area contributed by atoms with E-state index in [1.807, 2.05) is 60.9 Å². The van der Waals surface area contributed by atoms with Gasteiger partial charge in [0.25, 0.3) is 0 Å². The molecule has 1 fully saturated rings. The molecule has 3 rings (SSSR count). The van der Waals surface area contributed by atoms with Gasteiger partial charge >= 0.3 is 0 Å². The van der Waals surface area contributed by atoms with Crippen molar-refractivity contribution in [1.82, 2.24) is 9.88 Å². The molecular formula is C21H27N5O. The Bertz CT molecular complexity index is 874. The van der Waals surface area contributed by atoms with Crippen molar-refractivity contribution in [2.45, 2.75) is 0 Å². The zero-order valence-electron chi connectivity index (χ0n) is 16.2. The third-order valence-electron chi connectivity index (χ3n) is 4.71. The fraction of sp³-hybridized carbons (Fsp3) is 0.333. The highest BCUT2D eigenvalue weighted by atomic mass is 16.1. The Balaban J connectivity index is 1.91. The Morgan fingerprint density at radius 2 is 1.81 bits per heavy atom. The van der Waals surface area contributed by atoms with Crippen LogP contribution in [0.4, 0.5) is 11.4 Å². The minimum atomic E-state index is 0.654. The summed E-state index contributed by atoms with van der Waals surface area (Å²) in [6, 6.07) is 12.1. The van der Waals surface area contributed by atoms with Crippen LogP contribution in [0.3, 0.4) is 0 Å². The van der Waals surface area contributed by atoms with Crippen LogP contribution in [-0.2, 0) is 11.8 Å². The first-order valence-electron chi connectivity index (χ1n) is 9.19. The molecule has 1 saturated heterocycles. The fourth-order valence-corrected chi connectivity index (χ4v) is 3.13. The lowest BCUT2D eigenvalue weighted by Gasteiger charge is -2.29. The molecule has 2 aromatic rings. The van der Waals surface area contributed by atoms with Gasteiger partial charge in [0.05, 0.1) is 11.4 Å². The number of carbonyl (C=O) groups is 1. The van der Waals surface area contributed by atoms with E-state index in [0.717, 1.165) is 49.2 Å². The first-order valence-corrected chi connectivity index (χ1v) is 9.19. The van der Waals surface area contributed by atoms with Crippen LogP contribution in [0.1, 0.15) is 5.56 Å². The molecule has 142 valence electrons. The number of carbonyl (C=O) groups excluding carboxylic acids is 1. The van der Waals surface area contributed by atoms with Crippen LogP contribution in [-0.4, -0.2) is 51.1 Å². The summed E-state index contributed by atoms with van der Waals surface area (Å²) >= 11 is 0. The first kappa shape index (κ1) is 18.9. The van der Waals surface area contributed by atoms with E-state index in [1.54, 1.807) is 0 Å². The number of aromatic nitrogens is 1. The van der Waals surface area contributed by atoms with Gasteiger partial charge in [0.15, 0.2) is 0 Å². The van der Waals surface area contributed by atoms with Crippen LogP contribution in [0.2, 0.25) is 0 Å². The molecule has 27 heavy (non-hydrogen) atoms. The second-order valence-electron chi connectivity index (χ2n) is 6.83. The fourth-order valence-electron chi connectivity index (χ4n) is 3.13. The van der Waals surface area contributed by atoms with Gasteiger partial charge in [0.1, 0.15) is 11.8 Å². The number of aryl methyl sites for hydroxylation is 1. The highest BCUT2D eigenvalue weighted by Crippen LogP contribution is 2.19. The van der Waals surface area contributed by atoms with Crippen molar-refractivity contribution in [3.8, 4) is 0 Å². The van der Waals surface area contributed by atoms with Crippen LogP contribution in [0.25, 0.3) is 5.70 Å². The second kappa shape index (κ2) is 8.68. The minimum absolute atomic E-state index is 0.654. The zero-order chi connectivity index (χ0) is 19.2. The second-order valence-corrected chi connectivity index (χ2v) is 6.83. The van der Waals surface area contributed by atoms with Gasteiger partial charge in [0, 0.05) is 70.8 Å². The summed E-state index contributed by atoms with van der Waals surface area (Å²) < 4.78 is 2.00. The molecular weight excluding hydrogens is 338 g/mol. The molecule has 0 atom stereocenters. The van der Waals surface area contributed by atoms with Crippen molar-refractivity contribution in [1.29, 1.82) is 0 Å². The van der Waals surface area contributed by atoms with Gasteiger partial charge in [-0.1, -0.05) is 12.1 Å². The quantitative estimate of drug-likeness (QED) is 0.647. The normalized spacial score (nSPS) is 15.7. The molecule has 0 radical (unpaired) electrons. The molecule has 1 aliphatic rings. The molecule has 0 unspecified atom stereocenters. The lowest BCUT2D eigenvalue weighted by molar-refractivity contribution is -0.104. The number of benzene rings is 1. The van der Waals surface area contributed by atoms with E-state index in [9.17, 15) is 4.79 Å². The van der Waals surface area contributed by atoms with Crippen molar-refractivity contribution in [2.24, 2.45) is 12.0 Å². The molecule has 1 N–H and O–H groups in total. The average Bonchev–Trinajstić information content (AvgIpc) is 2.69. The summed E-state index contributed by atoms with van der Waals surface area (Å²) in [5.74, 6) is 0. The van der Waals surface area contributed by atoms with Gasteiger partial charge in [-0.05, 0) is 24.3 Å². The van der Waals surface area contributed by atoms with Crippen molar-refractivity contribution in [2.75, 3.05) is 50.1 Å². The van der Waals surface area contributed by atoms with Crippen LogP contribution in [0.15, 0.2) is 53.7 Å². The van der Waals surface area contributed by atoms with Crippen molar-refractivity contribution in [3.63, 3.8) is 0 Å². The van der Waals surface area contributed by atoms with E-state index in [0.29, 0.717) is 5.70 Å². The van der Waals surface area contributed by atoms with Crippen molar-refractivity contribution >= 4 is 23.4 Å². The number of aldehydes is 1. The Morgan fingerprint density at radius 3 is 2.41 bits per heavy atom. The van der Waals surface area contributed by atoms with Gasteiger partial charge in [-0.15, -0.1) is 0 Å². The number of hydrogen-bond donors (Lipinski definition) is 1. The summed E-state index contributed by atoms with van der Waals surface area (Å²) in [5.41, 5.74) is 4.67. The van der Waals surface area contributed by atoms with E-state index in [2.05, 4.69) is 22.5 Å². The Kier molecular flexibility index (Phi) is 6.08. The van der Waals surface area contributed by atoms with Crippen LogP contribution < -0.4 is 20.6 Å². The van der Waals surface area contributed by atoms with E-state index in [-0.39, 0.29) is 0 Å². The van der Waals surface area contributed by atoms with E-state index >= 15 is 0 Å². The number of hydrogen-bond acceptors (Lipinski definition) is 5. The maximum Gasteiger partial charge on any atom is 0.145 e. The van der Waals surface area contributed by atoms with Crippen molar-refractivity contribution < 1.29 is 4.79 Å². The summed E-state index contributed by atoms with van der Waals surface area (Å²) in [7, 11) is 5.99. The molecule has 0 aliphatic carbocycles. The average molecular weight is 365 g/mol. The number of nitrogens with one attached hydrogen (secondary N) is 1. The van der Waals surface area contributed by atoms with Crippen molar-refractivity contribution in [3.05, 3.63) is 59.7 Å². The molecule has 6 nitrogen and oxygen atoms in total. The highest BCUT2D eigenvalue weighted by Gasteiger charge is 2.10. The molecule has 0 bridgehead atoms. The van der Waals surface area contributed by atoms with E-state index in [1.165, 1.54) is 11.8 Å². The monoisotopic (exact) mass is 365 g/mol. The van der Waals surface area contributed by atoms with Gasteiger partial charge in [-0.3, -0.25) is 4.79 Å². The number of pyridine rings is 1. The van der Waals surface area contributed by atoms with Crippen LogP contribution >= 0.6 is 0 Å². The molecule has 0 amide bonds. The van der Waals surface area contributed by atoms with E-state index < -0.39 is 0 Å². The predicted octanol–water partition coefficient (Wildman–Crippen LogP) is 1.64. The van der Waals surface area contributed by atoms with Gasteiger partial charge in [-0.25, -0.2) is 4.99 Å². The topological polar surface area (TPSA) is 52.9 Å². The van der Waals surface area contributed by atoms with Gasteiger partial charge in [0.2, 0.25) is 0 Å². The molecule has 0 spiro atoms. The standard InChI is InChI=1S/C21H27N5O/c1-24(2)18-6-4-17(5-7-18)20(10-15-27)23-21-9-8-19(16-25(21)3)26-13-11-22-12-14-26/h4-10,15-16,22H,11-14H2,1-3H3/b20-10-,23-21-. The summed E-state index contributed by atoms with van der Waals surface area (Å²) in [4.78, 5) is 20.3. The number of anilines is 2. The Labute approximate surface area is 160 Å². The molecule has 1 aromatic carbocycles. The van der Waals surface area contributed by atoms with Crippen LogP contribution in [0, 0.1) is 0 Å². The minimum Gasteiger partial charge on any atom is -0.378 e. The predicted molar refractivity (Wildman–Crippen MR) is 111 cm³/mol. The van der Waals surface area contributed by atoms with Crippen LogP contribution in [0.5, 0.6) is 0 Å². The molecule has 1 aromatic heterocycles. The van der Waals surface area contributed by atoms with Gasteiger partial charge < -0.3 is 19.7 Å². The smallest absolute Gasteiger partial charge is 0.145 e. The zero-order valence-corrected chi connectivity index (χ0v) is 16.2. The first-order chi connectivity index (χ1) is 13.1. The molecule has 2 heterocycles. The molecule has 1 aliphatic heterocycles. The Hall–Kier alpha value is -2.86. The van der Waals surface area contributed by atoms with Gasteiger partial charge in [-0.2, -0.15) is 0 Å². The lowest BCUT2D eigenvalue weighted by Crippen LogP contribution is -2.43. The summed E-state index contributed by atoms with van der Waals surface area (Å²) in [5, 5.41) is 3.37. The highest BCUT2D eigenvalue weighted by molar-refractivity contribution is 5.81. The number of allylic oxidation sites excluding steroid dienone is 1. The maximum atomic E-state index is 11.1. The number of nitrogens with zero attached hydrogens (tertiary/aromatic N) is 4. The number of piperazine rings is 1. The maximum absolute atomic E-state index is 11.1.